The van der Waals surface area contributed by atoms with Crippen molar-refractivity contribution in [1.29, 1.82) is 0 Å². The molecule has 0 amide bonds. The number of rotatable bonds is 3. The number of esters is 1. The largest absolute Gasteiger partial charge is 0.456 e. The standard InChI is InChI=1S/C17H22N2O2/c1-12(19-11-10-18-13(19)2)14-6-8-15(9-7-14)16(20)21-17(3,4)5/h6-12H,1-5H3/t12-/m0/s1. The second kappa shape index (κ2) is 5.72. The number of hydrogen-bond donors (Lipinski definition) is 0. The van der Waals surface area contributed by atoms with Crippen LogP contribution in [0.4, 0.5) is 0 Å². The summed E-state index contributed by atoms with van der Waals surface area (Å²) in [7, 11) is 0. The molecule has 1 aromatic heterocycles. The minimum absolute atomic E-state index is 0.181. The van der Waals surface area contributed by atoms with Gasteiger partial charge in [-0.05, 0) is 52.3 Å². The lowest BCUT2D eigenvalue weighted by Crippen LogP contribution is -2.23. The lowest BCUT2D eigenvalue weighted by atomic mass is 10.1. The van der Waals surface area contributed by atoms with Crippen molar-refractivity contribution < 1.29 is 9.53 Å². The molecule has 0 bridgehead atoms. The van der Waals surface area contributed by atoms with Gasteiger partial charge in [-0.15, -0.1) is 0 Å². The Labute approximate surface area is 125 Å². The summed E-state index contributed by atoms with van der Waals surface area (Å²) in [6, 6.07) is 7.73. The third-order valence-electron chi connectivity index (χ3n) is 3.31. The monoisotopic (exact) mass is 286 g/mol. The van der Waals surface area contributed by atoms with Crippen molar-refractivity contribution in [1.82, 2.24) is 9.55 Å². The fourth-order valence-electron chi connectivity index (χ4n) is 2.19. The van der Waals surface area contributed by atoms with E-state index in [0.29, 0.717) is 5.56 Å². The van der Waals surface area contributed by atoms with Crippen molar-refractivity contribution in [3.05, 3.63) is 53.6 Å². The number of carbonyl (C=O) groups is 1. The number of nitrogens with zero attached hydrogens (tertiary/aromatic N) is 2. The van der Waals surface area contributed by atoms with Crippen LogP contribution in [0.5, 0.6) is 0 Å². The second-order valence-corrected chi connectivity index (χ2v) is 6.18. The molecule has 1 heterocycles. The number of ether oxygens (including phenoxy) is 1. The van der Waals surface area contributed by atoms with Gasteiger partial charge in [0.1, 0.15) is 11.4 Å². The first-order valence-electron chi connectivity index (χ1n) is 7.10. The molecule has 0 saturated heterocycles. The molecule has 0 saturated carbocycles. The van der Waals surface area contributed by atoms with E-state index in [1.54, 1.807) is 6.20 Å². The summed E-state index contributed by atoms with van der Waals surface area (Å²) in [5, 5.41) is 0. The SMILES string of the molecule is Cc1nccn1[C@@H](C)c1ccc(C(=O)OC(C)(C)C)cc1. The van der Waals surface area contributed by atoms with Crippen LogP contribution in [0.15, 0.2) is 36.7 Å². The molecule has 1 atom stereocenters. The van der Waals surface area contributed by atoms with Gasteiger partial charge in [0.15, 0.2) is 0 Å². The van der Waals surface area contributed by atoms with Crippen LogP contribution in [0.3, 0.4) is 0 Å². The average Bonchev–Trinajstić information content (AvgIpc) is 2.82. The number of hydrogen-bond acceptors (Lipinski definition) is 3. The van der Waals surface area contributed by atoms with Gasteiger partial charge in [0.2, 0.25) is 0 Å². The van der Waals surface area contributed by atoms with Gasteiger partial charge in [-0.1, -0.05) is 12.1 Å². The Hall–Kier alpha value is -2.10. The van der Waals surface area contributed by atoms with E-state index in [0.717, 1.165) is 11.4 Å². The van der Waals surface area contributed by atoms with Crippen LogP contribution in [0.2, 0.25) is 0 Å². The number of benzene rings is 1. The Morgan fingerprint density at radius 3 is 2.33 bits per heavy atom. The van der Waals surface area contributed by atoms with Gasteiger partial charge in [0.25, 0.3) is 0 Å². The van der Waals surface area contributed by atoms with E-state index in [1.807, 2.05) is 58.2 Å². The zero-order valence-electron chi connectivity index (χ0n) is 13.3. The van der Waals surface area contributed by atoms with Crippen molar-refractivity contribution in [3.63, 3.8) is 0 Å². The van der Waals surface area contributed by atoms with Crippen LogP contribution in [-0.4, -0.2) is 21.1 Å². The van der Waals surface area contributed by atoms with Crippen molar-refractivity contribution in [3.8, 4) is 0 Å². The molecule has 0 spiro atoms. The number of imidazole rings is 1. The highest BCUT2D eigenvalue weighted by Crippen LogP contribution is 2.20. The topological polar surface area (TPSA) is 44.1 Å². The summed E-state index contributed by atoms with van der Waals surface area (Å²) in [6.45, 7) is 9.68. The Bertz CT molecular complexity index is 621. The first-order valence-corrected chi connectivity index (χ1v) is 7.10. The maximum absolute atomic E-state index is 12.0. The Kier molecular flexibility index (Phi) is 4.16. The van der Waals surface area contributed by atoms with Crippen LogP contribution >= 0.6 is 0 Å². The van der Waals surface area contributed by atoms with Gasteiger partial charge in [-0.3, -0.25) is 0 Å². The smallest absolute Gasteiger partial charge is 0.338 e. The predicted molar refractivity (Wildman–Crippen MR) is 82.4 cm³/mol. The van der Waals surface area contributed by atoms with Crippen molar-refractivity contribution in [2.75, 3.05) is 0 Å². The minimum atomic E-state index is -0.475. The number of carbonyl (C=O) groups excluding carboxylic acids is 1. The summed E-state index contributed by atoms with van der Waals surface area (Å²) in [5.74, 6) is 0.680. The summed E-state index contributed by atoms with van der Waals surface area (Å²) >= 11 is 0. The molecule has 0 aliphatic rings. The lowest BCUT2D eigenvalue weighted by Gasteiger charge is -2.20. The molecule has 0 aliphatic carbocycles. The molecule has 0 unspecified atom stereocenters. The Balaban J connectivity index is 2.16. The van der Waals surface area contributed by atoms with Gasteiger partial charge in [0.05, 0.1) is 11.6 Å². The molecule has 1 aromatic carbocycles. The molecule has 112 valence electrons. The van der Waals surface area contributed by atoms with Gasteiger partial charge in [-0.2, -0.15) is 0 Å². The summed E-state index contributed by atoms with van der Waals surface area (Å²) in [5.41, 5.74) is 1.23. The fraction of sp³-hybridized carbons (Fsp3) is 0.412. The highest BCUT2D eigenvalue weighted by Gasteiger charge is 2.18. The van der Waals surface area contributed by atoms with E-state index in [1.165, 1.54) is 0 Å². The van der Waals surface area contributed by atoms with E-state index in [2.05, 4.69) is 16.5 Å². The summed E-state index contributed by atoms with van der Waals surface area (Å²) < 4.78 is 7.46. The molecule has 0 radical (unpaired) electrons. The zero-order chi connectivity index (χ0) is 15.6. The molecule has 4 nitrogen and oxygen atoms in total. The van der Waals surface area contributed by atoms with Crippen LogP contribution in [0, 0.1) is 6.92 Å². The normalized spacial score (nSPS) is 13.0. The van der Waals surface area contributed by atoms with Gasteiger partial charge in [0, 0.05) is 12.4 Å². The van der Waals surface area contributed by atoms with Crippen LogP contribution in [-0.2, 0) is 4.74 Å². The Morgan fingerprint density at radius 2 is 1.86 bits per heavy atom. The molecule has 21 heavy (non-hydrogen) atoms. The van der Waals surface area contributed by atoms with Crippen molar-refractivity contribution in [2.24, 2.45) is 0 Å². The second-order valence-electron chi connectivity index (χ2n) is 6.18. The molecule has 4 heteroatoms. The van der Waals surface area contributed by atoms with Gasteiger partial charge < -0.3 is 9.30 Å². The first kappa shape index (κ1) is 15.3. The minimum Gasteiger partial charge on any atom is -0.456 e. The Morgan fingerprint density at radius 1 is 1.24 bits per heavy atom. The maximum atomic E-state index is 12.0. The number of aromatic nitrogens is 2. The molecule has 0 N–H and O–H groups in total. The highest BCUT2D eigenvalue weighted by molar-refractivity contribution is 5.89. The van der Waals surface area contributed by atoms with E-state index in [9.17, 15) is 4.79 Å². The first-order chi connectivity index (χ1) is 9.78. The number of aryl methyl sites for hydroxylation is 1. The lowest BCUT2D eigenvalue weighted by molar-refractivity contribution is 0.00695. The maximum Gasteiger partial charge on any atom is 0.338 e. The van der Waals surface area contributed by atoms with E-state index in [4.69, 9.17) is 4.74 Å². The van der Waals surface area contributed by atoms with Crippen LogP contribution in [0.1, 0.15) is 55.5 Å². The highest BCUT2D eigenvalue weighted by atomic mass is 16.6. The van der Waals surface area contributed by atoms with Crippen LogP contribution in [0.25, 0.3) is 0 Å². The van der Waals surface area contributed by atoms with Crippen molar-refractivity contribution in [2.45, 2.75) is 46.3 Å². The average molecular weight is 286 g/mol. The molecular formula is C17H22N2O2. The van der Waals surface area contributed by atoms with Gasteiger partial charge >= 0.3 is 5.97 Å². The third kappa shape index (κ3) is 3.72. The molecular weight excluding hydrogens is 264 g/mol. The molecule has 0 aliphatic heterocycles. The summed E-state index contributed by atoms with van der Waals surface area (Å²) in [4.78, 5) is 16.2. The van der Waals surface area contributed by atoms with E-state index in [-0.39, 0.29) is 12.0 Å². The molecule has 2 rings (SSSR count). The van der Waals surface area contributed by atoms with Crippen molar-refractivity contribution >= 4 is 5.97 Å². The summed E-state index contributed by atoms with van der Waals surface area (Å²) in [6.07, 6.45) is 3.75. The van der Waals surface area contributed by atoms with E-state index < -0.39 is 5.60 Å². The van der Waals surface area contributed by atoms with Gasteiger partial charge in [-0.25, -0.2) is 9.78 Å². The molecule has 0 fully saturated rings. The quantitative estimate of drug-likeness (QED) is 0.807. The fourth-order valence-corrected chi connectivity index (χ4v) is 2.19. The molecule has 2 aromatic rings. The van der Waals surface area contributed by atoms with Crippen LogP contribution < -0.4 is 0 Å². The van der Waals surface area contributed by atoms with E-state index >= 15 is 0 Å². The predicted octanol–water partition coefficient (Wildman–Crippen LogP) is 3.76. The zero-order valence-corrected chi connectivity index (χ0v) is 13.3. The third-order valence-corrected chi connectivity index (χ3v) is 3.31.